The molecule has 1 aromatic heterocycles. The van der Waals surface area contributed by atoms with Crippen LogP contribution in [0.25, 0.3) is 11.4 Å². The van der Waals surface area contributed by atoms with E-state index in [2.05, 4.69) is 20.4 Å². The van der Waals surface area contributed by atoms with Crippen molar-refractivity contribution in [3.63, 3.8) is 0 Å². The molecule has 0 bridgehead atoms. The summed E-state index contributed by atoms with van der Waals surface area (Å²) in [6.45, 7) is 6.31. The minimum atomic E-state index is 0.103. The molecule has 0 aliphatic carbocycles. The molecule has 1 saturated heterocycles. The number of ether oxygens (including phenoxy) is 1. The summed E-state index contributed by atoms with van der Waals surface area (Å²) < 4.78 is 10.5. The highest BCUT2D eigenvalue weighted by Crippen LogP contribution is 2.22. The molecule has 0 saturated carbocycles. The molecule has 0 atom stereocenters. The number of nitrogens with one attached hydrogen (secondary N) is 1. The summed E-state index contributed by atoms with van der Waals surface area (Å²) in [5, 5.41) is 7.06. The topological polar surface area (TPSA) is 80.5 Å². The van der Waals surface area contributed by atoms with Crippen molar-refractivity contribution in [3.05, 3.63) is 30.2 Å². The van der Waals surface area contributed by atoms with Crippen LogP contribution in [0.15, 0.2) is 28.8 Å². The summed E-state index contributed by atoms with van der Waals surface area (Å²) >= 11 is 0. The van der Waals surface area contributed by atoms with Crippen molar-refractivity contribution < 1.29 is 14.1 Å². The fourth-order valence-electron chi connectivity index (χ4n) is 3.12. The number of aromatic nitrogens is 2. The highest BCUT2D eigenvalue weighted by atomic mass is 16.5. The number of carbonyl (C=O) groups excluding carboxylic acids is 1. The van der Waals surface area contributed by atoms with E-state index < -0.39 is 0 Å². The van der Waals surface area contributed by atoms with Gasteiger partial charge in [-0.2, -0.15) is 4.98 Å². The van der Waals surface area contributed by atoms with E-state index in [1.54, 1.807) is 7.11 Å². The number of benzene rings is 1. The Bertz CT molecular complexity index is 719. The molecule has 1 aromatic carbocycles. The van der Waals surface area contributed by atoms with Gasteiger partial charge in [0.25, 0.3) is 0 Å². The summed E-state index contributed by atoms with van der Waals surface area (Å²) in [5.74, 6) is 2.24. The molecule has 140 valence electrons. The van der Waals surface area contributed by atoms with E-state index in [9.17, 15) is 4.79 Å². The van der Waals surface area contributed by atoms with E-state index >= 15 is 0 Å². The number of nitrogens with zero attached hydrogens (tertiary/aromatic N) is 3. The Kier molecular flexibility index (Phi) is 5.88. The maximum atomic E-state index is 12.1. The van der Waals surface area contributed by atoms with Crippen molar-refractivity contribution in [1.82, 2.24) is 20.4 Å². The van der Waals surface area contributed by atoms with Gasteiger partial charge in [-0.25, -0.2) is 0 Å². The molecular weight excluding hydrogens is 332 g/mol. The average molecular weight is 358 g/mol. The first kappa shape index (κ1) is 18.4. The van der Waals surface area contributed by atoms with Crippen LogP contribution >= 0.6 is 0 Å². The number of piperidine rings is 1. The predicted molar refractivity (Wildman–Crippen MR) is 97.6 cm³/mol. The van der Waals surface area contributed by atoms with Crippen LogP contribution in [0.1, 0.15) is 32.6 Å². The summed E-state index contributed by atoms with van der Waals surface area (Å²) in [6, 6.07) is 7.75. The van der Waals surface area contributed by atoms with Crippen molar-refractivity contribution in [3.8, 4) is 17.1 Å². The van der Waals surface area contributed by atoms with E-state index in [1.165, 1.54) is 0 Å². The van der Waals surface area contributed by atoms with E-state index in [1.807, 2.05) is 38.1 Å². The van der Waals surface area contributed by atoms with E-state index in [0.29, 0.717) is 18.3 Å². The van der Waals surface area contributed by atoms with Crippen LogP contribution in [0.2, 0.25) is 0 Å². The quantitative estimate of drug-likeness (QED) is 0.854. The number of hydrogen-bond donors (Lipinski definition) is 1. The number of carbonyl (C=O) groups is 1. The van der Waals surface area contributed by atoms with Crippen LogP contribution < -0.4 is 10.1 Å². The molecule has 0 unspecified atom stereocenters. The number of rotatable bonds is 6. The Balaban J connectivity index is 1.53. The minimum Gasteiger partial charge on any atom is -0.497 e. The Hall–Kier alpha value is -2.41. The summed E-state index contributed by atoms with van der Waals surface area (Å²) in [7, 11) is 1.64. The Morgan fingerprint density at radius 3 is 2.62 bits per heavy atom. The lowest BCUT2D eigenvalue weighted by atomic mass is 9.95. The van der Waals surface area contributed by atoms with Gasteiger partial charge in [-0.3, -0.25) is 9.69 Å². The average Bonchev–Trinajstić information content (AvgIpc) is 3.10. The predicted octanol–water partition coefficient (Wildman–Crippen LogP) is 2.48. The van der Waals surface area contributed by atoms with Gasteiger partial charge in [0.2, 0.25) is 17.6 Å². The third-order valence-corrected chi connectivity index (χ3v) is 4.56. The number of amides is 1. The van der Waals surface area contributed by atoms with Gasteiger partial charge in [0, 0.05) is 17.5 Å². The van der Waals surface area contributed by atoms with E-state index in [-0.39, 0.29) is 17.9 Å². The number of methoxy groups -OCH3 is 1. The van der Waals surface area contributed by atoms with Gasteiger partial charge in [0.15, 0.2) is 0 Å². The molecule has 1 aliphatic rings. The van der Waals surface area contributed by atoms with Gasteiger partial charge >= 0.3 is 0 Å². The van der Waals surface area contributed by atoms with Crippen LogP contribution in [0.3, 0.4) is 0 Å². The lowest BCUT2D eigenvalue weighted by molar-refractivity contribution is -0.127. The van der Waals surface area contributed by atoms with Crippen LogP contribution in [-0.2, 0) is 11.3 Å². The molecule has 2 heterocycles. The fraction of sp³-hybridized carbons (Fsp3) is 0.526. The van der Waals surface area contributed by atoms with Crippen LogP contribution in [-0.4, -0.2) is 47.2 Å². The monoisotopic (exact) mass is 358 g/mol. The van der Waals surface area contributed by atoms with Crippen molar-refractivity contribution in [2.45, 2.75) is 39.3 Å². The molecular formula is C19H26N4O3. The summed E-state index contributed by atoms with van der Waals surface area (Å²) in [6.07, 6.45) is 1.72. The van der Waals surface area contributed by atoms with E-state index in [0.717, 1.165) is 37.2 Å². The molecule has 1 amide bonds. The van der Waals surface area contributed by atoms with Gasteiger partial charge in [0.05, 0.1) is 13.7 Å². The molecule has 1 fully saturated rings. The zero-order chi connectivity index (χ0) is 18.5. The van der Waals surface area contributed by atoms with Crippen LogP contribution in [0, 0.1) is 5.92 Å². The van der Waals surface area contributed by atoms with Crippen molar-refractivity contribution >= 4 is 5.91 Å². The third kappa shape index (κ3) is 4.60. The zero-order valence-electron chi connectivity index (χ0n) is 15.6. The third-order valence-electron chi connectivity index (χ3n) is 4.56. The minimum absolute atomic E-state index is 0.103. The number of hydrogen-bond acceptors (Lipinski definition) is 6. The van der Waals surface area contributed by atoms with Crippen LogP contribution in [0.4, 0.5) is 0 Å². The van der Waals surface area contributed by atoms with Gasteiger partial charge in [-0.15, -0.1) is 0 Å². The Morgan fingerprint density at radius 1 is 1.31 bits per heavy atom. The first-order valence-corrected chi connectivity index (χ1v) is 9.05. The maximum absolute atomic E-state index is 12.1. The molecule has 0 spiro atoms. The number of likely N-dealkylation sites (tertiary alicyclic amines) is 1. The van der Waals surface area contributed by atoms with Gasteiger partial charge in [0.1, 0.15) is 5.75 Å². The SMILES string of the molecule is COc1ccc(-c2noc(CN3CCC(C(=O)NC(C)C)CC3)n2)cc1. The highest BCUT2D eigenvalue weighted by Gasteiger charge is 2.26. The second-order valence-corrected chi connectivity index (χ2v) is 6.95. The largest absolute Gasteiger partial charge is 0.497 e. The van der Waals surface area contributed by atoms with Crippen molar-refractivity contribution in [2.24, 2.45) is 5.92 Å². The molecule has 2 aromatic rings. The van der Waals surface area contributed by atoms with Gasteiger partial charge in [-0.05, 0) is 64.0 Å². The fourth-order valence-corrected chi connectivity index (χ4v) is 3.12. The molecule has 3 rings (SSSR count). The van der Waals surface area contributed by atoms with Gasteiger partial charge in [-0.1, -0.05) is 5.16 Å². The molecule has 1 N–H and O–H groups in total. The highest BCUT2D eigenvalue weighted by molar-refractivity contribution is 5.78. The lowest BCUT2D eigenvalue weighted by Gasteiger charge is -2.30. The second-order valence-electron chi connectivity index (χ2n) is 6.95. The smallest absolute Gasteiger partial charge is 0.241 e. The van der Waals surface area contributed by atoms with Gasteiger partial charge < -0.3 is 14.6 Å². The second kappa shape index (κ2) is 8.31. The van der Waals surface area contributed by atoms with Crippen molar-refractivity contribution in [1.29, 1.82) is 0 Å². The first-order valence-electron chi connectivity index (χ1n) is 9.05. The molecule has 26 heavy (non-hydrogen) atoms. The molecule has 0 radical (unpaired) electrons. The lowest BCUT2D eigenvalue weighted by Crippen LogP contribution is -2.42. The van der Waals surface area contributed by atoms with E-state index in [4.69, 9.17) is 9.26 Å². The normalized spacial score (nSPS) is 16.0. The first-order chi connectivity index (χ1) is 12.5. The molecule has 7 heteroatoms. The Morgan fingerprint density at radius 2 is 2.00 bits per heavy atom. The van der Waals surface area contributed by atoms with Crippen LogP contribution in [0.5, 0.6) is 5.75 Å². The molecule has 1 aliphatic heterocycles. The molecule has 7 nitrogen and oxygen atoms in total. The summed E-state index contributed by atoms with van der Waals surface area (Å²) in [4.78, 5) is 18.8. The van der Waals surface area contributed by atoms with Crippen molar-refractivity contribution in [2.75, 3.05) is 20.2 Å². The zero-order valence-corrected chi connectivity index (χ0v) is 15.6. The summed E-state index contributed by atoms with van der Waals surface area (Å²) in [5.41, 5.74) is 0.893. The Labute approximate surface area is 153 Å². The standard InChI is InChI=1S/C19H26N4O3/c1-13(2)20-19(24)15-8-10-23(11-9-15)12-17-21-18(22-26-17)14-4-6-16(25-3)7-5-14/h4-7,13,15H,8-12H2,1-3H3,(H,20,24). The maximum Gasteiger partial charge on any atom is 0.241 e.